The van der Waals surface area contributed by atoms with Crippen molar-refractivity contribution in [3.63, 3.8) is 0 Å². The maximum absolute atomic E-state index is 12.5. The number of hydrogen-bond acceptors (Lipinski definition) is 4. The highest BCUT2D eigenvalue weighted by Gasteiger charge is 2.21. The molecule has 0 saturated heterocycles. The number of methoxy groups -OCH3 is 1. The van der Waals surface area contributed by atoms with Crippen molar-refractivity contribution in [2.24, 2.45) is 0 Å². The second-order valence-electron chi connectivity index (χ2n) is 5.90. The summed E-state index contributed by atoms with van der Waals surface area (Å²) in [6.07, 6.45) is 2.53. The minimum Gasteiger partial charge on any atom is -0.494 e. The average Bonchev–Trinajstić information content (AvgIpc) is 2.66. The number of amides is 2. The van der Waals surface area contributed by atoms with Gasteiger partial charge in [0.15, 0.2) is 0 Å². The van der Waals surface area contributed by atoms with E-state index in [2.05, 4.69) is 16.4 Å². The van der Waals surface area contributed by atoms with E-state index < -0.39 is 0 Å². The van der Waals surface area contributed by atoms with Gasteiger partial charge in [0.25, 0.3) is 0 Å². The number of rotatable bonds is 5. The smallest absolute Gasteiger partial charge is 0.317 e. The predicted molar refractivity (Wildman–Crippen MR) is 94.7 cm³/mol. The topological polar surface area (TPSA) is 63.7 Å². The largest absolute Gasteiger partial charge is 0.494 e. The van der Waals surface area contributed by atoms with Crippen molar-refractivity contribution in [3.8, 4) is 11.6 Å². The van der Waals surface area contributed by atoms with Crippen molar-refractivity contribution in [3.05, 3.63) is 53.2 Å². The third-order valence-corrected chi connectivity index (χ3v) is 4.24. The van der Waals surface area contributed by atoms with Crippen molar-refractivity contribution in [1.29, 1.82) is 0 Å². The van der Waals surface area contributed by atoms with Crippen LogP contribution < -0.4 is 14.8 Å². The van der Waals surface area contributed by atoms with E-state index in [1.807, 2.05) is 36.1 Å². The zero-order valence-electron chi connectivity index (χ0n) is 14.6. The Morgan fingerprint density at radius 3 is 2.96 bits per heavy atom. The van der Waals surface area contributed by atoms with Crippen LogP contribution in [0.15, 0.2) is 36.5 Å². The molecule has 1 aromatic carbocycles. The maximum Gasteiger partial charge on any atom is 0.317 e. The Morgan fingerprint density at radius 2 is 2.16 bits per heavy atom. The SMILES string of the molecule is CCOc1ccc2c(c1)CN(C(=O)NCc1ccnc(OC)c1)CC2. The van der Waals surface area contributed by atoms with Gasteiger partial charge in [-0.25, -0.2) is 9.78 Å². The molecule has 0 spiro atoms. The average molecular weight is 341 g/mol. The van der Waals surface area contributed by atoms with Crippen molar-refractivity contribution in [2.45, 2.75) is 26.4 Å². The van der Waals surface area contributed by atoms with Crippen LogP contribution in [-0.4, -0.2) is 36.2 Å². The summed E-state index contributed by atoms with van der Waals surface area (Å²) in [6.45, 7) is 4.36. The molecule has 1 aliphatic heterocycles. The molecule has 0 saturated carbocycles. The Bertz CT molecular complexity index is 748. The van der Waals surface area contributed by atoms with E-state index in [4.69, 9.17) is 9.47 Å². The van der Waals surface area contributed by atoms with Crippen LogP contribution in [0.4, 0.5) is 4.79 Å². The highest BCUT2D eigenvalue weighted by Crippen LogP contribution is 2.24. The van der Waals surface area contributed by atoms with Gasteiger partial charge in [0.05, 0.1) is 13.7 Å². The monoisotopic (exact) mass is 341 g/mol. The lowest BCUT2D eigenvalue weighted by Gasteiger charge is -2.29. The Balaban J connectivity index is 1.60. The van der Waals surface area contributed by atoms with Gasteiger partial charge in [0, 0.05) is 31.9 Å². The van der Waals surface area contributed by atoms with Crippen LogP contribution in [0.1, 0.15) is 23.6 Å². The van der Waals surface area contributed by atoms with E-state index in [9.17, 15) is 4.79 Å². The molecule has 132 valence electrons. The molecule has 6 nitrogen and oxygen atoms in total. The van der Waals surface area contributed by atoms with E-state index in [0.717, 1.165) is 23.3 Å². The number of carbonyl (C=O) groups excluding carboxylic acids is 1. The molecule has 0 unspecified atom stereocenters. The van der Waals surface area contributed by atoms with Crippen LogP contribution in [0, 0.1) is 0 Å². The van der Waals surface area contributed by atoms with Gasteiger partial charge in [0.1, 0.15) is 5.75 Å². The van der Waals surface area contributed by atoms with Gasteiger partial charge in [-0.05, 0) is 48.2 Å². The highest BCUT2D eigenvalue weighted by atomic mass is 16.5. The lowest BCUT2D eigenvalue weighted by molar-refractivity contribution is 0.191. The molecule has 1 N–H and O–H groups in total. The molecule has 1 aliphatic rings. The molecule has 0 radical (unpaired) electrons. The first-order valence-electron chi connectivity index (χ1n) is 8.46. The van der Waals surface area contributed by atoms with Gasteiger partial charge in [-0.3, -0.25) is 0 Å². The van der Waals surface area contributed by atoms with E-state index in [-0.39, 0.29) is 6.03 Å². The zero-order valence-corrected chi connectivity index (χ0v) is 14.6. The number of fused-ring (bicyclic) bond motifs is 1. The fourth-order valence-electron chi connectivity index (χ4n) is 2.92. The van der Waals surface area contributed by atoms with Crippen molar-refractivity contribution >= 4 is 6.03 Å². The first-order chi connectivity index (χ1) is 12.2. The summed E-state index contributed by atoms with van der Waals surface area (Å²) in [4.78, 5) is 18.4. The molecule has 2 aromatic rings. The minimum atomic E-state index is -0.0664. The second-order valence-corrected chi connectivity index (χ2v) is 5.90. The molecule has 0 atom stereocenters. The molecule has 0 fully saturated rings. The quantitative estimate of drug-likeness (QED) is 0.908. The predicted octanol–water partition coefficient (Wildman–Crippen LogP) is 2.76. The summed E-state index contributed by atoms with van der Waals surface area (Å²) >= 11 is 0. The van der Waals surface area contributed by atoms with Crippen LogP contribution in [0.3, 0.4) is 0 Å². The van der Waals surface area contributed by atoms with E-state index in [1.165, 1.54) is 5.56 Å². The van der Waals surface area contributed by atoms with Gasteiger partial charge in [-0.1, -0.05) is 6.07 Å². The minimum absolute atomic E-state index is 0.0664. The van der Waals surface area contributed by atoms with Gasteiger partial charge in [-0.2, -0.15) is 0 Å². The summed E-state index contributed by atoms with van der Waals surface area (Å²) in [5.41, 5.74) is 3.39. The maximum atomic E-state index is 12.5. The molecule has 1 aromatic heterocycles. The molecular weight excluding hydrogens is 318 g/mol. The Kier molecular flexibility index (Phi) is 5.38. The zero-order chi connectivity index (χ0) is 17.6. The number of urea groups is 1. The molecule has 2 amide bonds. The number of benzene rings is 1. The fraction of sp³-hybridized carbons (Fsp3) is 0.368. The molecule has 2 heterocycles. The van der Waals surface area contributed by atoms with Crippen LogP contribution in [-0.2, 0) is 19.5 Å². The number of nitrogens with zero attached hydrogens (tertiary/aromatic N) is 2. The molecule has 0 aliphatic carbocycles. The van der Waals surface area contributed by atoms with E-state index in [0.29, 0.717) is 32.1 Å². The molecule has 6 heteroatoms. The number of pyridine rings is 1. The second kappa shape index (κ2) is 7.88. The number of hydrogen-bond donors (Lipinski definition) is 1. The number of nitrogens with one attached hydrogen (secondary N) is 1. The van der Waals surface area contributed by atoms with Crippen molar-refractivity contribution < 1.29 is 14.3 Å². The lowest BCUT2D eigenvalue weighted by Crippen LogP contribution is -2.42. The lowest BCUT2D eigenvalue weighted by atomic mass is 10.00. The molecule has 0 bridgehead atoms. The molecule has 25 heavy (non-hydrogen) atoms. The molecular formula is C19H23N3O3. The van der Waals surface area contributed by atoms with Gasteiger partial charge in [-0.15, -0.1) is 0 Å². The first-order valence-corrected chi connectivity index (χ1v) is 8.46. The first kappa shape index (κ1) is 17.1. The summed E-state index contributed by atoms with van der Waals surface area (Å²) in [7, 11) is 1.58. The molecule has 3 rings (SSSR count). The number of ether oxygens (including phenoxy) is 2. The fourth-order valence-corrected chi connectivity index (χ4v) is 2.92. The number of aromatic nitrogens is 1. The summed E-state index contributed by atoms with van der Waals surface area (Å²) in [5, 5.41) is 2.96. The van der Waals surface area contributed by atoms with Gasteiger partial charge >= 0.3 is 6.03 Å². The van der Waals surface area contributed by atoms with Crippen molar-refractivity contribution in [1.82, 2.24) is 15.2 Å². The van der Waals surface area contributed by atoms with Crippen LogP contribution in [0.2, 0.25) is 0 Å². The Hall–Kier alpha value is -2.76. The number of carbonyl (C=O) groups is 1. The van der Waals surface area contributed by atoms with Crippen LogP contribution >= 0.6 is 0 Å². The standard InChI is InChI=1S/C19H23N3O3/c1-3-25-17-5-4-15-7-9-22(13-16(15)11-17)19(23)21-12-14-6-8-20-18(10-14)24-2/h4-6,8,10-11H,3,7,9,12-13H2,1-2H3,(H,21,23). The van der Waals surface area contributed by atoms with Crippen molar-refractivity contribution in [2.75, 3.05) is 20.3 Å². The third kappa shape index (κ3) is 4.21. The summed E-state index contributed by atoms with van der Waals surface area (Å²) in [5.74, 6) is 1.40. The Labute approximate surface area is 147 Å². The van der Waals surface area contributed by atoms with Crippen LogP contribution in [0.25, 0.3) is 0 Å². The van der Waals surface area contributed by atoms with Crippen LogP contribution in [0.5, 0.6) is 11.6 Å². The Morgan fingerprint density at radius 1 is 1.28 bits per heavy atom. The van der Waals surface area contributed by atoms with Gasteiger partial charge < -0.3 is 19.7 Å². The van der Waals surface area contributed by atoms with Gasteiger partial charge in [0.2, 0.25) is 5.88 Å². The third-order valence-electron chi connectivity index (χ3n) is 4.24. The highest BCUT2D eigenvalue weighted by molar-refractivity contribution is 5.74. The normalized spacial score (nSPS) is 13.1. The summed E-state index contributed by atoms with van der Waals surface area (Å²) in [6, 6.07) is 9.74. The van der Waals surface area contributed by atoms with E-state index >= 15 is 0 Å². The summed E-state index contributed by atoms with van der Waals surface area (Å²) < 4.78 is 10.7. The van der Waals surface area contributed by atoms with E-state index in [1.54, 1.807) is 13.3 Å².